The third-order valence-electron chi connectivity index (χ3n) is 10.5. The van der Waals surface area contributed by atoms with E-state index in [1.807, 2.05) is 24.3 Å². The van der Waals surface area contributed by atoms with Gasteiger partial charge >= 0.3 is 5.97 Å². The first kappa shape index (κ1) is 51.6. The number of hydrogen-bond acceptors (Lipinski definition) is 11. The smallest absolute Gasteiger partial charge is 0.303 e. The topological polar surface area (TPSA) is 268 Å². The number of nitrogens with two attached hydrogens (primary N) is 1. The first-order valence-corrected chi connectivity index (χ1v) is 20.7. The fourth-order valence-corrected chi connectivity index (χ4v) is 6.53. The monoisotopic (exact) mass is 848 g/mol. The zero-order chi connectivity index (χ0) is 45.8. The number of nitrogens with one attached hydrogen (secondary N) is 2. The number of ketones is 4. The second kappa shape index (κ2) is 25.9. The molecule has 0 fully saturated rings. The van der Waals surface area contributed by atoms with Crippen LogP contribution in [0.1, 0.15) is 101 Å². The molecule has 0 bridgehead atoms. The van der Waals surface area contributed by atoms with E-state index in [-0.39, 0.29) is 37.8 Å². The molecule has 332 valence electrons. The molecule has 0 spiro atoms. The van der Waals surface area contributed by atoms with Crippen LogP contribution in [-0.4, -0.2) is 112 Å². The van der Waals surface area contributed by atoms with Crippen molar-refractivity contribution in [1.82, 2.24) is 15.5 Å². The molecule has 61 heavy (non-hydrogen) atoms. The van der Waals surface area contributed by atoms with Crippen molar-refractivity contribution in [2.75, 3.05) is 13.7 Å². The van der Waals surface area contributed by atoms with E-state index in [1.165, 1.54) is 33.3 Å². The number of carbonyl (C=O) groups excluding carboxylic acids is 8. The molecular formula is C44H61BN4O12. The Hall–Kier alpha value is -5.55. The number of aliphatic hydroxyl groups is 1. The van der Waals surface area contributed by atoms with Crippen LogP contribution >= 0.6 is 0 Å². The SMILES string of the molecule is CCCCc1ccc(-c2ccc(C(=O)C[C@H](CO)C(=O)N[C@H](C)C(=O)CCC(=O)N(C)[C@@H](CCC(=O)O)C(=O)C[C@@H](C)C(=O)N[C@@H](CC(N)=O)C(=O)CCB(C)O)cc2)cc1. The minimum absolute atomic E-state index is 0.0846. The van der Waals surface area contributed by atoms with E-state index in [4.69, 9.17) is 5.73 Å². The van der Waals surface area contributed by atoms with Crippen LogP contribution in [0.3, 0.4) is 0 Å². The normalized spacial score (nSPS) is 13.4. The van der Waals surface area contributed by atoms with Gasteiger partial charge in [0.25, 0.3) is 6.92 Å². The summed E-state index contributed by atoms with van der Waals surface area (Å²) in [6.45, 7) is 4.92. The molecule has 16 nitrogen and oxygen atoms in total. The van der Waals surface area contributed by atoms with Gasteiger partial charge in [-0.1, -0.05) is 75.6 Å². The highest BCUT2D eigenvalue weighted by atomic mass is 16.4. The van der Waals surface area contributed by atoms with Crippen molar-refractivity contribution >= 4 is 59.6 Å². The minimum Gasteiger partial charge on any atom is -0.481 e. The van der Waals surface area contributed by atoms with Crippen LogP contribution in [-0.2, 0) is 44.8 Å². The van der Waals surface area contributed by atoms with Gasteiger partial charge < -0.3 is 36.5 Å². The number of hydrogen-bond donors (Lipinski definition) is 6. The number of primary amides is 1. The first-order chi connectivity index (χ1) is 28.8. The van der Waals surface area contributed by atoms with Gasteiger partial charge in [-0.05, 0) is 49.2 Å². The first-order valence-electron chi connectivity index (χ1n) is 20.7. The maximum absolute atomic E-state index is 13.4. The Kier molecular flexibility index (Phi) is 21.9. The van der Waals surface area contributed by atoms with Gasteiger partial charge in [0.05, 0.1) is 37.1 Å². The van der Waals surface area contributed by atoms with E-state index in [0.717, 1.165) is 35.3 Å². The third-order valence-corrected chi connectivity index (χ3v) is 10.5. The molecule has 0 heterocycles. The number of benzene rings is 2. The van der Waals surface area contributed by atoms with Gasteiger partial charge in [0.1, 0.15) is 0 Å². The highest BCUT2D eigenvalue weighted by Crippen LogP contribution is 2.23. The van der Waals surface area contributed by atoms with Gasteiger partial charge in [0.2, 0.25) is 23.6 Å². The van der Waals surface area contributed by atoms with Crippen molar-refractivity contribution in [2.24, 2.45) is 17.6 Å². The molecule has 2 aromatic rings. The van der Waals surface area contributed by atoms with Gasteiger partial charge in [0.15, 0.2) is 23.1 Å². The highest BCUT2D eigenvalue weighted by molar-refractivity contribution is 6.48. The minimum atomic E-state index is -1.29. The Morgan fingerprint density at radius 2 is 1.38 bits per heavy atom. The number of carboxylic acid groups (broad SMARTS) is 1. The summed E-state index contributed by atoms with van der Waals surface area (Å²) in [5.74, 6) is -8.65. The van der Waals surface area contributed by atoms with E-state index in [9.17, 15) is 58.4 Å². The number of aliphatic hydroxyl groups excluding tert-OH is 1. The Morgan fingerprint density at radius 1 is 0.770 bits per heavy atom. The average Bonchev–Trinajstić information content (AvgIpc) is 3.22. The van der Waals surface area contributed by atoms with Crippen molar-refractivity contribution in [3.8, 4) is 11.1 Å². The summed E-state index contributed by atoms with van der Waals surface area (Å²) in [7, 11) is 1.26. The van der Waals surface area contributed by atoms with Crippen LogP contribution < -0.4 is 16.4 Å². The van der Waals surface area contributed by atoms with E-state index < -0.39 is 116 Å². The summed E-state index contributed by atoms with van der Waals surface area (Å²) in [5, 5.41) is 33.7. The van der Waals surface area contributed by atoms with Crippen LogP contribution in [0.4, 0.5) is 0 Å². The van der Waals surface area contributed by atoms with Gasteiger partial charge in [-0.15, -0.1) is 0 Å². The summed E-state index contributed by atoms with van der Waals surface area (Å²) < 4.78 is 0. The highest BCUT2D eigenvalue weighted by Gasteiger charge is 2.32. The fraction of sp³-hybridized carbons (Fsp3) is 0.523. The molecule has 0 saturated heterocycles. The fourth-order valence-electron chi connectivity index (χ4n) is 6.53. The molecule has 17 heteroatoms. The lowest BCUT2D eigenvalue weighted by molar-refractivity contribution is -0.142. The molecule has 4 amide bonds. The lowest BCUT2D eigenvalue weighted by Gasteiger charge is -2.28. The lowest BCUT2D eigenvalue weighted by atomic mass is 9.66. The van der Waals surface area contributed by atoms with E-state index in [2.05, 4.69) is 29.7 Å². The number of carbonyl (C=O) groups is 9. The summed E-state index contributed by atoms with van der Waals surface area (Å²) in [5.41, 5.74) is 8.76. The Balaban J connectivity index is 1.98. The zero-order valence-electron chi connectivity index (χ0n) is 35.8. The van der Waals surface area contributed by atoms with Crippen molar-refractivity contribution in [3.05, 3.63) is 59.7 Å². The van der Waals surface area contributed by atoms with Crippen LogP contribution in [0.2, 0.25) is 13.1 Å². The summed E-state index contributed by atoms with van der Waals surface area (Å²) >= 11 is 0. The summed E-state index contributed by atoms with van der Waals surface area (Å²) in [6, 6.07) is 11.5. The van der Waals surface area contributed by atoms with Gasteiger partial charge in [-0.2, -0.15) is 0 Å². The van der Waals surface area contributed by atoms with Crippen molar-refractivity contribution in [3.63, 3.8) is 0 Å². The molecule has 0 aromatic heterocycles. The zero-order valence-corrected chi connectivity index (χ0v) is 35.8. The number of amides is 4. The van der Waals surface area contributed by atoms with E-state index >= 15 is 0 Å². The molecule has 7 N–H and O–H groups in total. The number of carboxylic acids is 1. The summed E-state index contributed by atoms with van der Waals surface area (Å²) in [6.07, 6.45) is 0.305. The molecule has 2 aromatic carbocycles. The number of rotatable bonds is 29. The second-order valence-corrected chi connectivity index (χ2v) is 15.7. The van der Waals surface area contributed by atoms with Crippen LogP contribution in [0.15, 0.2) is 48.5 Å². The van der Waals surface area contributed by atoms with Crippen LogP contribution in [0.25, 0.3) is 11.1 Å². The molecule has 2 rings (SSSR count). The van der Waals surface area contributed by atoms with Crippen molar-refractivity contribution < 1.29 is 58.4 Å². The second-order valence-electron chi connectivity index (χ2n) is 15.7. The van der Waals surface area contributed by atoms with E-state index in [0.29, 0.717) is 5.56 Å². The number of likely N-dealkylation sites (N-methyl/N-ethyl adjacent to an activating group) is 1. The maximum atomic E-state index is 13.4. The van der Waals surface area contributed by atoms with Crippen LogP contribution in [0, 0.1) is 11.8 Å². The average molecular weight is 849 g/mol. The van der Waals surface area contributed by atoms with E-state index in [1.54, 1.807) is 12.1 Å². The molecule has 0 unspecified atom stereocenters. The van der Waals surface area contributed by atoms with Gasteiger partial charge in [-0.25, -0.2) is 0 Å². The Bertz CT molecular complexity index is 1850. The molecular weight excluding hydrogens is 787 g/mol. The maximum Gasteiger partial charge on any atom is 0.303 e. The number of aryl methyl sites for hydroxylation is 1. The molecule has 0 saturated carbocycles. The largest absolute Gasteiger partial charge is 0.481 e. The Morgan fingerprint density at radius 3 is 1.92 bits per heavy atom. The van der Waals surface area contributed by atoms with Crippen LogP contribution in [0.5, 0.6) is 0 Å². The molecule has 0 aliphatic rings. The van der Waals surface area contributed by atoms with Gasteiger partial charge in [0, 0.05) is 57.1 Å². The number of nitrogens with zero attached hydrogens (tertiary/aromatic N) is 1. The van der Waals surface area contributed by atoms with Crippen molar-refractivity contribution in [1.29, 1.82) is 0 Å². The predicted molar refractivity (Wildman–Crippen MR) is 228 cm³/mol. The number of aliphatic carboxylic acids is 1. The molecule has 0 aliphatic carbocycles. The van der Waals surface area contributed by atoms with Gasteiger partial charge in [-0.3, -0.25) is 43.2 Å². The third kappa shape index (κ3) is 17.9. The molecule has 0 radical (unpaired) electrons. The van der Waals surface area contributed by atoms with Crippen molar-refractivity contribution in [2.45, 2.75) is 123 Å². The molecule has 5 atom stereocenters. The number of unbranched alkanes of at least 4 members (excludes halogenated alkanes) is 1. The predicted octanol–water partition coefficient (Wildman–Crippen LogP) is 2.95. The Labute approximate surface area is 357 Å². The quantitative estimate of drug-likeness (QED) is 0.0510. The lowest BCUT2D eigenvalue weighted by Crippen LogP contribution is -2.47. The molecule has 0 aliphatic heterocycles. The number of Topliss-reactive ketones (excluding diaryl/α,β-unsaturated/α-hetero) is 4. The summed E-state index contributed by atoms with van der Waals surface area (Å²) in [4.78, 5) is 115. The standard InChI is InChI=1S/C44H61BN4O12/c1-6-7-8-29-9-11-30(12-10-29)31-13-15-32(16-14-31)38(53)24-33(26-50)44(60)47-28(3)36(51)18-19-41(56)49(5)35(17-20-42(57)58)39(54)23-27(2)43(59)48-34(25-40(46)55)37(52)21-22-45(4)61/h9-16,27-28,33-35,50,61H,6-8,17-26H2,1-5H3,(H2,46,55)(H,47,60)(H,48,59)(H,57,58)/t27-,28-,33-,34+,35+/m1/s1.